The van der Waals surface area contributed by atoms with Gasteiger partial charge in [0.2, 0.25) is 5.91 Å². The average Bonchev–Trinajstić information content (AvgIpc) is 2.58. The number of hydrogen-bond acceptors (Lipinski definition) is 5. The molecule has 7 heteroatoms. The Morgan fingerprint density at radius 3 is 2.81 bits per heavy atom. The van der Waals surface area contributed by atoms with Gasteiger partial charge in [-0.15, -0.1) is 0 Å². The highest BCUT2D eigenvalue weighted by atomic mass is 32.2. The van der Waals surface area contributed by atoms with Crippen molar-refractivity contribution in [2.24, 2.45) is 0 Å². The fourth-order valence-corrected chi connectivity index (χ4v) is 3.85. The lowest BCUT2D eigenvalue weighted by Gasteiger charge is -2.35. The van der Waals surface area contributed by atoms with Gasteiger partial charge in [0.05, 0.1) is 24.2 Å². The lowest BCUT2D eigenvalue weighted by molar-refractivity contribution is -0.148. The molecule has 2 fully saturated rings. The van der Waals surface area contributed by atoms with Gasteiger partial charge in [-0.05, 0) is 6.42 Å². The van der Waals surface area contributed by atoms with E-state index < -0.39 is 15.9 Å². The lowest BCUT2D eigenvalue weighted by atomic mass is 10.1. The molecule has 2 rings (SSSR count). The summed E-state index contributed by atoms with van der Waals surface area (Å²) in [4.78, 5) is 13.0. The molecule has 16 heavy (non-hydrogen) atoms. The molecule has 0 aromatic carbocycles. The van der Waals surface area contributed by atoms with Crippen molar-refractivity contribution in [1.82, 2.24) is 4.90 Å². The number of hydrogen-bond donors (Lipinski definition) is 0. The predicted octanol–water partition coefficient (Wildman–Crippen LogP) is -1.08. The molecule has 88 valence electrons. The van der Waals surface area contributed by atoms with Gasteiger partial charge < -0.3 is 9.64 Å². The summed E-state index contributed by atoms with van der Waals surface area (Å²) in [6.45, 7) is 0.105. The first kappa shape index (κ1) is 11.4. The third-order valence-corrected chi connectivity index (χ3v) is 4.63. The molecule has 0 aromatic heterocycles. The first-order valence-electron chi connectivity index (χ1n) is 5.02. The van der Waals surface area contributed by atoms with E-state index in [9.17, 15) is 13.2 Å². The number of sulfone groups is 1. The van der Waals surface area contributed by atoms with Crippen molar-refractivity contribution in [1.29, 1.82) is 5.26 Å². The van der Waals surface area contributed by atoms with Gasteiger partial charge in [-0.25, -0.2) is 8.42 Å². The van der Waals surface area contributed by atoms with Crippen LogP contribution < -0.4 is 0 Å². The molecule has 6 nitrogen and oxygen atoms in total. The number of carbonyl (C=O) groups is 1. The maximum atomic E-state index is 11.6. The van der Waals surface area contributed by atoms with Crippen molar-refractivity contribution in [2.45, 2.75) is 18.5 Å². The Balaban J connectivity index is 2.18. The Morgan fingerprint density at radius 1 is 1.50 bits per heavy atom. The van der Waals surface area contributed by atoms with Crippen LogP contribution in [0.2, 0.25) is 0 Å². The van der Waals surface area contributed by atoms with Gasteiger partial charge in [0.1, 0.15) is 12.6 Å². The monoisotopic (exact) mass is 244 g/mol. The van der Waals surface area contributed by atoms with Gasteiger partial charge in [0, 0.05) is 6.04 Å². The Bertz CT molecular complexity index is 439. The molecule has 0 radical (unpaired) electrons. The van der Waals surface area contributed by atoms with E-state index in [1.807, 2.05) is 6.07 Å². The molecule has 2 atom stereocenters. The molecule has 0 bridgehead atoms. The summed E-state index contributed by atoms with van der Waals surface area (Å²) >= 11 is 0. The molecule has 2 aliphatic rings. The first-order chi connectivity index (χ1) is 7.53. The molecular weight excluding hydrogens is 232 g/mol. The zero-order valence-electron chi connectivity index (χ0n) is 8.63. The van der Waals surface area contributed by atoms with Crippen LogP contribution in [0.3, 0.4) is 0 Å². The molecule has 0 aliphatic carbocycles. The zero-order valence-corrected chi connectivity index (χ0v) is 9.44. The second-order valence-electron chi connectivity index (χ2n) is 4.02. The maximum Gasteiger partial charge on any atom is 0.249 e. The second kappa shape index (κ2) is 4.03. The largest absolute Gasteiger partial charge is 0.368 e. The van der Waals surface area contributed by atoms with Crippen LogP contribution in [0.4, 0.5) is 0 Å². The van der Waals surface area contributed by atoms with Gasteiger partial charge in [0.15, 0.2) is 9.84 Å². The summed E-state index contributed by atoms with van der Waals surface area (Å²) < 4.78 is 27.6. The average molecular weight is 244 g/mol. The summed E-state index contributed by atoms with van der Waals surface area (Å²) in [6.07, 6.45) is 0.423. The normalized spacial score (nSPS) is 33.7. The minimum atomic E-state index is -3.04. The number of morpholine rings is 1. The highest BCUT2D eigenvalue weighted by molar-refractivity contribution is 7.91. The SMILES string of the molecule is N#CC1COCC(=O)N1C1CCS(=O)(=O)C1. The summed E-state index contributed by atoms with van der Waals surface area (Å²) in [5, 5.41) is 8.90. The van der Waals surface area contributed by atoms with Crippen LogP contribution in [0.1, 0.15) is 6.42 Å². The van der Waals surface area contributed by atoms with Gasteiger partial charge in [0.25, 0.3) is 0 Å². The van der Waals surface area contributed by atoms with Gasteiger partial charge in [-0.3, -0.25) is 4.79 Å². The molecule has 1 amide bonds. The minimum Gasteiger partial charge on any atom is -0.368 e. The lowest BCUT2D eigenvalue weighted by Crippen LogP contribution is -2.54. The number of nitriles is 1. The first-order valence-corrected chi connectivity index (χ1v) is 6.84. The molecule has 0 saturated carbocycles. The Kier molecular flexibility index (Phi) is 2.86. The van der Waals surface area contributed by atoms with Crippen LogP contribution in [0.5, 0.6) is 0 Å². The summed E-state index contributed by atoms with van der Waals surface area (Å²) in [7, 11) is -3.04. The summed E-state index contributed by atoms with van der Waals surface area (Å²) in [6, 6.07) is 0.965. The molecule has 2 unspecified atom stereocenters. The highest BCUT2D eigenvalue weighted by Gasteiger charge is 2.40. The summed E-state index contributed by atoms with van der Waals surface area (Å²) in [5.74, 6) is -0.225. The number of carbonyl (C=O) groups excluding carboxylic acids is 1. The zero-order chi connectivity index (χ0) is 11.8. The molecule has 2 heterocycles. The number of ether oxygens (including phenoxy) is 1. The third kappa shape index (κ3) is 2.03. The van der Waals surface area contributed by atoms with E-state index in [2.05, 4.69) is 0 Å². The second-order valence-corrected chi connectivity index (χ2v) is 6.25. The van der Waals surface area contributed by atoms with Crippen molar-refractivity contribution in [3.8, 4) is 6.07 Å². The van der Waals surface area contributed by atoms with E-state index >= 15 is 0 Å². The van der Waals surface area contributed by atoms with E-state index in [-0.39, 0.29) is 36.7 Å². The highest BCUT2D eigenvalue weighted by Crippen LogP contribution is 2.22. The topological polar surface area (TPSA) is 87.5 Å². The fourth-order valence-electron chi connectivity index (χ4n) is 2.14. The van der Waals surface area contributed by atoms with E-state index in [0.29, 0.717) is 6.42 Å². The predicted molar refractivity (Wildman–Crippen MR) is 54.1 cm³/mol. The number of amides is 1. The smallest absolute Gasteiger partial charge is 0.249 e. The van der Waals surface area contributed by atoms with Gasteiger partial charge in [-0.1, -0.05) is 0 Å². The van der Waals surface area contributed by atoms with Crippen LogP contribution in [0.15, 0.2) is 0 Å². The van der Waals surface area contributed by atoms with Crippen LogP contribution in [0, 0.1) is 11.3 Å². The van der Waals surface area contributed by atoms with Crippen LogP contribution in [0.25, 0.3) is 0 Å². The minimum absolute atomic E-state index is 0.0308. The standard InChI is InChI=1S/C9H12N2O4S/c10-3-8-4-15-5-9(12)11(8)7-1-2-16(13,14)6-7/h7-8H,1-2,4-6H2. The number of nitrogens with zero attached hydrogens (tertiary/aromatic N) is 2. The van der Waals surface area contributed by atoms with Crippen molar-refractivity contribution >= 4 is 15.7 Å². The van der Waals surface area contributed by atoms with E-state index in [1.165, 1.54) is 4.90 Å². The van der Waals surface area contributed by atoms with Crippen molar-refractivity contribution in [2.75, 3.05) is 24.7 Å². The van der Waals surface area contributed by atoms with Gasteiger partial charge >= 0.3 is 0 Å². The van der Waals surface area contributed by atoms with E-state index in [1.54, 1.807) is 0 Å². The van der Waals surface area contributed by atoms with E-state index in [4.69, 9.17) is 10.00 Å². The third-order valence-electron chi connectivity index (χ3n) is 2.88. The number of rotatable bonds is 1. The van der Waals surface area contributed by atoms with Crippen LogP contribution in [-0.2, 0) is 19.4 Å². The van der Waals surface area contributed by atoms with E-state index in [0.717, 1.165) is 0 Å². The fraction of sp³-hybridized carbons (Fsp3) is 0.778. The molecule has 0 N–H and O–H groups in total. The Labute approximate surface area is 93.7 Å². The Hall–Kier alpha value is -1.13. The molecular formula is C9H12N2O4S. The molecule has 0 spiro atoms. The molecule has 2 saturated heterocycles. The van der Waals surface area contributed by atoms with Crippen molar-refractivity contribution < 1.29 is 17.9 Å². The molecule has 0 aromatic rings. The summed E-state index contributed by atoms with van der Waals surface area (Å²) in [5.41, 5.74) is 0. The Morgan fingerprint density at radius 2 is 2.25 bits per heavy atom. The van der Waals surface area contributed by atoms with Crippen molar-refractivity contribution in [3.63, 3.8) is 0 Å². The quantitative estimate of drug-likeness (QED) is 0.585. The van der Waals surface area contributed by atoms with Gasteiger partial charge in [-0.2, -0.15) is 5.26 Å². The van der Waals surface area contributed by atoms with Crippen LogP contribution in [-0.4, -0.2) is 56.0 Å². The molecule has 2 aliphatic heterocycles. The van der Waals surface area contributed by atoms with Crippen LogP contribution >= 0.6 is 0 Å². The van der Waals surface area contributed by atoms with Crippen molar-refractivity contribution in [3.05, 3.63) is 0 Å². The maximum absolute atomic E-state index is 11.6.